The van der Waals surface area contributed by atoms with E-state index in [4.69, 9.17) is 17.3 Å². The Morgan fingerprint density at radius 1 is 1.53 bits per heavy atom. The molecule has 1 amide bonds. The number of nitrogens with one attached hydrogen (secondary N) is 1. The Hall–Kier alpha value is -1.99. The second-order valence-electron chi connectivity index (χ2n) is 3.79. The first-order valence-corrected chi connectivity index (χ1v) is 5.80. The van der Waals surface area contributed by atoms with Crippen LogP contribution in [0.3, 0.4) is 0 Å². The van der Waals surface area contributed by atoms with E-state index < -0.39 is 5.82 Å². The van der Waals surface area contributed by atoms with Crippen molar-refractivity contribution in [1.82, 2.24) is 15.0 Å². The highest BCUT2D eigenvalue weighted by atomic mass is 35.5. The van der Waals surface area contributed by atoms with Gasteiger partial charge in [0.25, 0.3) is 0 Å². The molecule has 0 fully saturated rings. The quantitative estimate of drug-likeness (QED) is 0.882. The second kappa shape index (κ2) is 5.77. The third kappa shape index (κ3) is 3.49. The normalized spacial score (nSPS) is 10.5. The number of anilines is 1. The van der Waals surface area contributed by atoms with Crippen LogP contribution in [0.5, 0.6) is 0 Å². The molecule has 100 valence electrons. The zero-order chi connectivity index (χ0) is 13.8. The SMILES string of the molecule is NCc1cn(CC(=O)Nc2ccc(Cl)c(F)c2)nn1. The highest BCUT2D eigenvalue weighted by molar-refractivity contribution is 6.30. The Bertz CT molecular complexity index is 601. The number of nitrogens with two attached hydrogens (primary N) is 1. The van der Waals surface area contributed by atoms with Crippen LogP contribution in [0.15, 0.2) is 24.4 Å². The van der Waals surface area contributed by atoms with E-state index in [9.17, 15) is 9.18 Å². The van der Waals surface area contributed by atoms with Gasteiger partial charge in [0.15, 0.2) is 0 Å². The molecule has 0 unspecified atom stereocenters. The molecule has 0 aliphatic heterocycles. The van der Waals surface area contributed by atoms with Crippen molar-refractivity contribution in [2.75, 3.05) is 5.32 Å². The molecular weight excluding hydrogens is 273 g/mol. The van der Waals surface area contributed by atoms with Gasteiger partial charge in [0.05, 0.1) is 16.9 Å². The molecule has 6 nitrogen and oxygen atoms in total. The lowest BCUT2D eigenvalue weighted by atomic mass is 10.3. The first-order chi connectivity index (χ1) is 9.08. The molecule has 1 aromatic carbocycles. The Morgan fingerprint density at radius 3 is 2.95 bits per heavy atom. The van der Waals surface area contributed by atoms with E-state index in [1.54, 1.807) is 6.20 Å². The van der Waals surface area contributed by atoms with E-state index in [-0.39, 0.29) is 24.0 Å². The number of benzene rings is 1. The first kappa shape index (κ1) is 13.4. The van der Waals surface area contributed by atoms with Gasteiger partial charge in [0.2, 0.25) is 5.91 Å². The summed E-state index contributed by atoms with van der Waals surface area (Å²) in [5.74, 6) is -0.944. The number of rotatable bonds is 4. The maximum absolute atomic E-state index is 13.2. The number of carbonyl (C=O) groups excluding carboxylic acids is 1. The van der Waals surface area contributed by atoms with Crippen LogP contribution in [0.4, 0.5) is 10.1 Å². The van der Waals surface area contributed by atoms with E-state index in [1.165, 1.54) is 16.8 Å². The summed E-state index contributed by atoms with van der Waals surface area (Å²) in [4.78, 5) is 11.7. The second-order valence-corrected chi connectivity index (χ2v) is 4.20. The van der Waals surface area contributed by atoms with Crippen LogP contribution < -0.4 is 11.1 Å². The van der Waals surface area contributed by atoms with Crippen molar-refractivity contribution >= 4 is 23.2 Å². The monoisotopic (exact) mass is 283 g/mol. The fourth-order valence-electron chi connectivity index (χ4n) is 1.43. The Balaban J connectivity index is 1.98. The van der Waals surface area contributed by atoms with Gasteiger partial charge < -0.3 is 11.1 Å². The van der Waals surface area contributed by atoms with Crippen molar-refractivity contribution in [2.24, 2.45) is 5.73 Å². The van der Waals surface area contributed by atoms with E-state index >= 15 is 0 Å². The number of carbonyl (C=O) groups is 1. The van der Waals surface area contributed by atoms with Crippen LogP contribution in [-0.2, 0) is 17.9 Å². The number of hydrogen-bond acceptors (Lipinski definition) is 4. The standard InChI is InChI=1S/C11H11ClFN5O/c12-9-2-1-7(3-10(9)13)15-11(19)6-18-5-8(4-14)16-17-18/h1-3,5H,4,6,14H2,(H,15,19). The van der Waals surface area contributed by atoms with Gasteiger partial charge in [-0.3, -0.25) is 4.79 Å². The van der Waals surface area contributed by atoms with Crippen molar-refractivity contribution in [2.45, 2.75) is 13.1 Å². The molecule has 0 saturated heterocycles. The summed E-state index contributed by atoms with van der Waals surface area (Å²) in [5, 5.41) is 10.0. The number of nitrogens with zero attached hydrogens (tertiary/aromatic N) is 3. The Morgan fingerprint density at radius 2 is 2.32 bits per heavy atom. The third-order valence-electron chi connectivity index (χ3n) is 2.30. The average molecular weight is 284 g/mol. The summed E-state index contributed by atoms with van der Waals surface area (Å²) in [6.07, 6.45) is 1.57. The van der Waals surface area contributed by atoms with Gasteiger partial charge in [-0.15, -0.1) is 5.10 Å². The molecule has 0 saturated carbocycles. The molecular formula is C11H11ClFN5O. The topological polar surface area (TPSA) is 85.8 Å². The van der Waals surface area contributed by atoms with Crippen LogP contribution >= 0.6 is 11.6 Å². The molecule has 0 atom stereocenters. The first-order valence-electron chi connectivity index (χ1n) is 5.42. The lowest BCUT2D eigenvalue weighted by molar-refractivity contribution is -0.116. The third-order valence-corrected chi connectivity index (χ3v) is 2.61. The minimum atomic E-state index is -0.592. The zero-order valence-corrected chi connectivity index (χ0v) is 10.6. The molecule has 0 bridgehead atoms. The highest BCUT2D eigenvalue weighted by Gasteiger charge is 2.07. The van der Waals surface area contributed by atoms with Crippen LogP contribution in [0.2, 0.25) is 5.02 Å². The van der Waals surface area contributed by atoms with Crippen LogP contribution in [0, 0.1) is 5.82 Å². The number of halogens is 2. The van der Waals surface area contributed by atoms with Gasteiger partial charge in [-0.25, -0.2) is 9.07 Å². The number of hydrogen-bond donors (Lipinski definition) is 2. The average Bonchev–Trinajstić information content (AvgIpc) is 2.81. The van der Waals surface area contributed by atoms with Crippen molar-refractivity contribution < 1.29 is 9.18 Å². The van der Waals surface area contributed by atoms with Gasteiger partial charge in [-0.1, -0.05) is 16.8 Å². The minimum Gasteiger partial charge on any atom is -0.325 e. The van der Waals surface area contributed by atoms with Gasteiger partial charge in [0.1, 0.15) is 12.4 Å². The van der Waals surface area contributed by atoms with Gasteiger partial charge in [-0.05, 0) is 18.2 Å². The van der Waals surface area contributed by atoms with Crippen LogP contribution in [0.25, 0.3) is 0 Å². The minimum absolute atomic E-state index is 0.00172. The summed E-state index contributed by atoms with van der Waals surface area (Å²) in [5.41, 5.74) is 6.29. The fraction of sp³-hybridized carbons (Fsp3) is 0.182. The maximum atomic E-state index is 13.2. The molecule has 1 aromatic heterocycles. The lowest BCUT2D eigenvalue weighted by Crippen LogP contribution is -2.19. The molecule has 0 radical (unpaired) electrons. The fourth-order valence-corrected chi connectivity index (χ4v) is 1.55. The lowest BCUT2D eigenvalue weighted by Gasteiger charge is -2.05. The van der Waals surface area contributed by atoms with Crippen molar-refractivity contribution in [1.29, 1.82) is 0 Å². The summed E-state index contributed by atoms with van der Waals surface area (Å²) < 4.78 is 14.5. The van der Waals surface area contributed by atoms with E-state index in [2.05, 4.69) is 15.6 Å². The van der Waals surface area contributed by atoms with E-state index in [1.807, 2.05) is 0 Å². The largest absolute Gasteiger partial charge is 0.325 e. The molecule has 3 N–H and O–H groups in total. The summed E-state index contributed by atoms with van der Waals surface area (Å²) in [6, 6.07) is 4.03. The summed E-state index contributed by atoms with van der Waals surface area (Å²) in [6.45, 7) is 0.223. The number of amides is 1. The van der Waals surface area contributed by atoms with Gasteiger partial charge >= 0.3 is 0 Å². The smallest absolute Gasteiger partial charge is 0.246 e. The summed E-state index contributed by atoms with van der Waals surface area (Å²) in [7, 11) is 0. The molecule has 2 rings (SSSR count). The van der Waals surface area contributed by atoms with Gasteiger partial charge in [0, 0.05) is 12.2 Å². The highest BCUT2D eigenvalue weighted by Crippen LogP contribution is 2.18. The molecule has 0 aliphatic rings. The summed E-state index contributed by atoms with van der Waals surface area (Å²) >= 11 is 5.54. The Labute approximate surface area is 113 Å². The van der Waals surface area contributed by atoms with E-state index in [0.717, 1.165) is 6.07 Å². The van der Waals surface area contributed by atoms with Crippen molar-refractivity contribution in [3.05, 3.63) is 40.9 Å². The molecule has 0 spiro atoms. The van der Waals surface area contributed by atoms with Crippen molar-refractivity contribution in [3.8, 4) is 0 Å². The van der Waals surface area contributed by atoms with E-state index in [0.29, 0.717) is 11.4 Å². The van der Waals surface area contributed by atoms with Crippen LogP contribution in [-0.4, -0.2) is 20.9 Å². The van der Waals surface area contributed by atoms with Crippen molar-refractivity contribution in [3.63, 3.8) is 0 Å². The predicted molar refractivity (Wildman–Crippen MR) is 68.0 cm³/mol. The van der Waals surface area contributed by atoms with Crippen LogP contribution in [0.1, 0.15) is 5.69 Å². The molecule has 1 heterocycles. The predicted octanol–water partition coefficient (Wildman–Crippen LogP) is 1.17. The molecule has 0 aliphatic carbocycles. The Kier molecular flexibility index (Phi) is 4.08. The molecule has 8 heteroatoms. The zero-order valence-electron chi connectivity index (χ0n) is 9.81. The maximum Gasteiger partial charge on any atom is 0.246 e. The molecule has 19 heavy (non-hydrogen) atoms. The number of aromatic nitrogens is 3. The van der Waals surface area contributed by atoms with Gasteiger partial charge in [-0.2, -0.15) is 0 Å². The molecule has 2 aromatic rings.